The smallest absolute Gasteiger partial charge is 0.162 e. The summed E-state index contributed by atoms with van der Waals surface area (Å²) in [5.41, 5.74) is 2.19. The Bertz CT molecular complexity index is 794. The van der Waals surface area contributed by atoms with Gasteiger partial charge < -0.3 is 0 Å². The topological polar surface area (TPSA) is 25.8 Å². The summed E-state index contributed by atoms with van der Waals surface area (Å²) in [7, 11) is 0. The zero-order valence-electron chi connectivity index (χ0n) is 10.7. The van der Waals surface area contributed by atoms with E-state index in [0.29, 0.717) is 26.7 Å². The summed E-state index contributed by atoms with van der Waals surface area (Å²) in [4.78, 5) is 8.67. The van der Waals surface area contributed by atoms with Crippen molar-refractivity contribution in [2.75, 3.05) is 0 Å². The number of nitrogens with zero attached hydrogens (tertiary/aromatic N) is 2. The fraction of sp³-hybridized carbons (Fsp3) is 0. The normalized spacial score (nSPS) is 10.6. The molecule has 0 unspecified atom stereocenters. The fourth-order valence-electron chi connectivity index (χ4n) is 1.96. The third kappa shape index (κ3) is 3.12. The molecule has 0 spiro atoms. The van der Waals surface area contributed by atoms with Crippen molar-refractivity contribution in [3.63, 3.8) is 0 Å². The second-order valence-electron chi connectivity index (χ2n) is 4.39. The van der Waals surface area contributed by atoms with E-state index >= 15 is 0 Å². The summed E-state index contributed by atoms with van der Waals surface area (Å²) < 4.78 is 14.2. The summed E-state index contributed by atoms with van der Waals surface area (Å²) in [6.45, 7) is 0. The van der Waals surface area contributed by atoms with Crippen LogP contribution in [0.15, 0.2) is 59.1 Å². The van der Waals surface area contributed by atoms with Gasteiger partial charge in [0.1, 0.15) is 11.0 Å². The Labute approximate surface area is 134 Å². The first kappa shape index (κ1) is 14.2. The quantitative estimate of drug-likeness (QED) is 0.572. The summed E-state index contributed by atoms with van der Waals surface area (Å²) in [5.74, 6) is 0.0331. The fourth-order valence-corrected chi connectivity index (χ4v) is 2.57. The molecule has 0 atom stereocenters. The second kappa shape index (κ2) is 5.92. The van der Waals surface area contributed by atoms with E-state index in [1.807, 2.05) is 30.3 Å². The Balaban J connectivity index is 2.16. The molecule has 0 radical (unpaired) electrons. The van der Waals surface area contributed by atoms with Gasteiger partial charge in [0.15, 0.2) is 5.82 Å². The lowest BCUT2D eigenvalue weighted by Crippen LogP contribution is -1.94. The molecular weight excluding hydrogens is 355 g/mol. The molecule has 0 saturated heterocycles. The van der Waals surface area contributed by atoms with Crippen LogP contribution >= 0.6 is 27.5 Å². The average molecular weight is 364 g/mol. The van der Waals surface area contributed by atoms with Crippen molar-refractivity contribution in [3.05, 3.63) is 70.0 Å². The van der Waals surface area contributed by atoms with Gasteiger partial charge in [-0.2, -0.15) is 0 Å². The maximum absolute atomic E-state index is 13.4. The minimum atomic E-state index is -0.349. The van der Waals surface area contributed by atoms with Crippen molar-refractivity contribution in [1.29, 1.82) is 0 Å². The second-order valence-corrected chi connectivity index (χ2v) is 5.63. The van der Waals surface area contributed by atoms with Crippen LogP contribution in [0.3, 0.4) is 0 Å². The Morgan fingerprint density at radius 3 is 2.48 bits per heavy atom. The summed E-state index contributed by atoms with van der Waals surface area (Å²) in [5, 5.41) is 0.315. The van der Waals surface area contributed by atoms with Gasteiger partial charge in [-0.3, -0.25) is 0 Å². The van der Waals surface area contributed by atoms with Crippen LogP contribution in [0.2, 0.25) is 5.15 Å². The Kier molecular flexibility index (Phi) is 3.99. The van der Waals surface area contributed by atoms with Gasteiger partial charge in [-0.25, -0.2) is 14.4 Å². The monoisotopic (exact) mass is 362 g/mol. The number of aromatic nitrogens is 2. The van der Waals surface area contributed by atoms with Gasteiger partial charge in [0, 0.05) is 21.7 Å². The third-order valence-electron chi connectivity index (χ3n) is 2.93. The van der Waals surface area contributed by atoms with E-state index in [2.05, 4.69) is 25.9 Å². The number of halogens is 3. The Morgan fingerprint density at radius 1 is 0.952 bits per heavy atom. The van der Waals surface area contributed by atoms with Crippen LogP contribution in [-0.4, -0.2) is 9.97 Å². The van der Waals surface area contributed by atoms with Gasteiger partial charge in [0.2, 0.25) is 0 Å². The molecule has 0 saturated carbocycles. The Morgan fingerprint density at radius 2 is 1.71 bits per heavy atom. The predicted octanol–water partition coefficient (Wildman–Crippen LogP) is 5.37. The average Bonchev–Trinajstić information content (AvgIpc) is 2.50. The molecule has 21 heavy (non-hydrogen) atoms. The lowest BCUT2D eigenvalue weighted by molar-refractivity contribution is 0.628. The van der Waals surface area contributed by atoms with Crippen molar-refractivity contribution in [2.45, 2.75) is 0 Å². The van der Waals surface area contributed by atoms with Crippen LogP contribution < -0.4 is 0 Å². The number of hydrogen-bond donors (Lipinski definition) is 0. The van der Waals surface area contributed by atoms with Crippen LogP contribution in [0.5, 0.6) is 0 Å². The van der Waals surface area contributed by atoms with Crippen LogP contribution in [-0.2, 0) is 0 Å². The van der Waals surface area contributed by atoms with Crippen LogP contribution in [0.25, 0.3) is 22.6 Å². The molecular formula is C16H9BrClFN2. The highest BCUT2D eigenvalue weighted by Gasteiger charge is 2.11. The van der Waals surface area contributed by atoms with Gasteiger partial charge in [0.25, 0.3) is 0 Å². The molecule has 0 fully saturated rings. The largest absolute Gasteiger partial charge is 0.228 e. The van der Waals surface area contributed by atoms with Crippen molar-refractivity contribution in [2.24, 2.45) is 0 Å². The number of benzene rings is 2. The molecule has 5 heteroatoms. The molecule has 104 valence electrons. The van der Waals surface area contributed by atoms with Gasteiger partial charge >= 0.3 is 0 Å². The molecule has 0 aliphatic carbocycles. The molecule has 2 nitrogen and oxygen atoms in total. The van der Waals surface area contributed by atoms with E-state index in [-0.39, 0.29) is 5.82 Å². The third-order valence-corrected chi connectivity index (χ3v) is 3.82. The zero-order valence-corrected chi connectivity index (χ0v) is 13.1. The molecule has 1 aromatic heterocycles. The summed E-state index contributed by atoms with van der Waals surface area (Å²) in [6, 6.07) is 15.7. The van der Waals surface area contributed by atoms with E-state index < -0.39 is 0 Å². The Hall–Kier alpha value is -1.78. The van der Waals surface area contributed by atoms with E-state index in [0.717, 1.165) is 5.56 Å². The lowest BCUT2D eigenvalue weighted by atomic mass is 10.1. The molecule has 0 aliphatic heterocycles. The van der Waals surface area contributed by atoms with E-state index in [1.54, 1.807) is 12.1 Å². The summed E-state index contributed by atoms with van der Waals surface area (Å²) in [6.07, 6.45) is 0. The molecule has 0 amide bonds. The van der Waals surface area contributed by atoms with Crippen LogP contribution in [0.1, 0.15) is 0 Å². The maximum atomic E-state index is 13.4. The molecule has 3 rings (SSSR count). The van der Waals surface area contributed by atoms with E-state index in [1.165, 1.54) is 12.1 Å². The van der Waals surface area contributed by atoms with E-state index in [9.17, 15) is 4.39 Å². The zero-order chi connectivity index (χ0) is 14.8. The number of hydrogen-bond acceptors (Lipinski definition) is 2. The standard InChI is InChI=1S/C16H9BrClFN2/c17-13-7-6-11(19)8-12(13)16-20-14(9-15(18)21-16)10-4-2-1-3-5-10/h1-9H. The first-order chi connectivity index (χ1) is 10.1. The minimum Gasteiger partial charge on any atom is -0.228 e. The highest BCUT2D eigenvalue weighted by Crippen LogP contribution is 2.29. The first-order valence-electron chi connectivity index (χ1n) is 6.19. The molecule has 3 aromatic rings. The minimum absolute atomic E-state index is 0.315. The highest BCUT2D eigenvalue weighted by atomic mass is 79.9. The van der Waals surface area contributed by atoms with Crippen molar-refractivity contribution in [3.8, 4) is 22.6 Å². The lowest BCUT2D eigenvalue weighted by Gasteiger charge is -2.07. The van der Waals surface area contributed by atoms with Gasteiger partial charge in [0.05, 0.1) is 5.69 Å². The van der Waals surface area contributed by atoms with Crippen LogP contribution in [0, 0.1) is 5.82 Å². The predicted molar refractivity (Wildman–Crippen MR) is 85.6 cm³/mol. The molecule has 0 N–H and O–H groups in total. The van der Waals surface area contributed by atoms with Crippen molar-refractivity contribution in [1.82, 2.24) is 9.97 Å². The van der Waals surface area contributed by atoms with Gasteiger partial charge in [-0.15, -0.1) is 0 Å². The van der Waals surface area contributed by atoms with Crippen LogP contribution in [0.4, 0.5) is 4.39 Å². The molecule has 0 aliphatic rings. The molecule has 0 bridgehead atoms. The first-order valence-corrected chi connectivity index (χ1v) is 7.36. The number of rotatable bonds is 2. The van der Waals surface area contributed by atoms with E-state index in [4.69, 9.17) is 11.6 Å². The highest BCUT2D eigenvalue weighted by molar-refractivity contribution is 9.10. The SMILES string of the molecule is Fc1ccc(Br)c(-c2nc(Cl)cc(-c3ccccc3)n2)c1. The van der Waals surface area contributed by atoms with Crippen molar-refractivity contribution < 1.29 is 4.39 Å². The summed E-state index contributed by atoms with van der Waals surface area (Å²) >= 11 is 9.46. The maximum Gasteiger partial charge on any atom is 0.162 e. The van der Waals surface area contributed by atoms with Gasteiger partial charge in [-0.05, 0) is 18.2 Å². The molecule has 1 heterocycles. The van der Waals surface area contributed by atoms with Gasteiger partial charge in [-0.1, -0.05) is 57.9 Å². The molecule has 2 aromatic carbocycles. The van der Waals surface area contributed by atoms with Crippen molar-refractivity contribution >= 4 is 27.5 Å².